The van der Waals surface area contributed by atoms with Gasteiger partial charge in [-0.25, -0.2) is 9.18 Å². The number of carbonyl (C=O) groups is 1. The van der Waals surface area contributed by atoms with E-state index in [1.165, 1.54) is 7.11 Å². The summed E-state index contributed by atoms with van der Waals surface area (Å²) in [6.45, 7) is 1.20. The molecule has 92 valence electrons. The van der Waals surface area contributed by atoms with Gasteiger partial charge < -0.3 is 10.1 Å². The summed E-state index contributed by atoms with van der Waals surface area (Å²) in [7, 11) is 1.33. The third-order valence-electron chi connectivity index (χ3n) is 3.16. The number of nitrogens with one attached hydrogen (secondary N) is 1. The van der Waals surface area contributed by atoms with E-state index >= 15 is 0 Å². The zero-order valence-corrected chi connectivity index (χ0v) is 9.83. The Bertz CT molecular complexity index is 396. The van der Waals surface area contributed by atoms with Crippen LogP contribution in [0.2, 0.25) is 0 Å². The van der Waals surface area contributed by atoms with Crippen molar-refractivity contribution in [2.45, 2.75) is 18.5 Å². The van der Waals surface area contributed by atoms with Crippen LogP contribution in [0.15, 0.2) is 24.3 Å². The molecule has 2 rings (SSSR count). The molecule has 3 nitrogen and oxygen atoms in total. The van der Waals surface area contributed by atoms with Gasteiger partial charge in [0.25, 0.3) is 0 Å². The van der Waals surface area contributed by atoms with Crippen LogP contribution in [0.5, 0.6) is 0 Å². The number of hydrogen-bond donors (Lipinski definition) is 1. The van der Waals surface area contributed by atoms with E-state index in [1.807, 2.05) is 0 Å². The van der Waals surface area contributed by atoms with Crippen LogP contribution in [0.3, 0.4) is 0 Å². The van der Waals surface area contributed by atoms with Gasteiger partial charge in [0, 0.05) is 6.54 Å². The Balaban J connectivity index is 2.19. The lowest BCUT2D eigenvalue weighted by atomic mass is 9.88. The number of rotatable bonds is 2. The molecule has 0 bridgehead atoms. The Morgan fingerprint density at radius 3 is 2.65 bits per heavy atom. The SMILES string of the molecule is COC(=O)c1ccc([C@]2(F)CCCNC2)cc1. The second kappa shape index (κ2) is 4.84. The highest BCUT2D eigenvalue weighted by atomic mass is 19.1. The molecule has 1 aliphatic heterocycles. The van der Waals surface area contributed by atoms with E-state index in [1.54, 1.807) is 24.3 Å². The average Bonchev–Trinajstić information content (AvgIpc) is 2.39. The van der Waals surface area contributed by atoms with Crippen molar-refractivity contribution < 1.29 is 13.9 Å². The molecule has 1 fully saturated rings. The highest BCUT2D eigenvalue weighted by molar-refractivity contribution is 5.89. The van der Waals surface area contributed by atoms with Crippen LogP contribution in [0.4, 0.5) is 4.39 Å². The summed E-state index contributed by atoms with van der Waals surface area (Å²) in [6.07, 6.45) is 1.35. The molecule has 1 N–H and O–H groups in total. The van der Waals surface area contributed by atoms with E-state index in [4.69, 9.17) is 0 Å². The molecular weight excluding hydrogens is 221 g/mol. The minimum atomic E-state index is -1.31. The first-order chi connectivity index (χ1) is 8.15. The lowest BCUT2D eigenvalue weighted by Crippen LogP contribution is -2.40. The number of carbonyl (C=O) groups excluding carboxylic acids is 1. The zero-order chi connectivity index (χ0) is 12.3. The van der Waals surface area contributed by atoms with Crippen LogP contribution >= 0.6 is 0 Å². The Hall–Kier alpha value is -1.42. The van der Waals surface area contributed by atoms with Gasteiger partial charge in [0.15, 0.2) is 0 Å². The second-order valence-corrected chi connectivity index (χ2v) is 4.31. The minimum absolute atomic E-state index is 0.338. The van der Waals surface area contributed by atoms with E-state index in [0.29, 0.717) is 24.1 Å². The molecule has 1 aromatic carbocycles. The molecule has 0 spiro atoms. The molecule has 0 saturated carbocycles. The molecule has 0 aliphatic carbocycles. The minimum Gasteiger partial charge on any atom is -0.465 e. The largest absolute Gasteiger partial charge is 0.465 e. The number of halogens is 1. The fraction of sp³-hybridized carbons (Fsp3) is 0.462. The molecule has 1 aromatic rings. The van der Waals surface area contributed by atoms with E-state index in [9.17, 15) is 9.18 Å². The maximum atomic E-state index is 14.5. The van der Waals surface area contributed by atoms with Gasteiger partial charge >= 0.3 is 5.97 Å². The number of benzene rings is 1. The second-order valence-electron chi connectivity index (χ2n) is 4.31. The van der Waals surface area contributed by atoms with E-state index < -0.39 is 11.6 Å². The highest BCUT2D eigenvalue weighted by Crippen LogP contribution is 2.32. The van der Waals surface area contributed by atoms with Gasteiger partial charge in [-0.05, 0) is 37.1 Å². The first kappa shape index (κ1) is 12.0. The van der Waals surface area contributed by atoms with Gasteiger partial charge in [-0.15, -0.1) is 0 Å². The predicted octanol–water partition coefficient (Wildman–Crippen LogP) is 2.02. The molecule has 0 radical (unpaired) electrons. The molecule has 17 heavy (non-hydrogen) atoms. The summed E-state index contributed by atoms with van der Waals surface area (Å²) in [5.74, 6) is -0.397. The van der Waals surface area contributed by atoms with Gasteiger partial charge in [-0.1, -0.05) is 12.1 Å². The third-order valence-corrected chi connectivity index (χ3v) is 3.16. The van der Waals surface area contributed by atoms with Crippen molar-refractivity contribution in [3.63, 3.8) is 0 Å². The highest BCUT2D eigenvalue weighted by Gasteiger charge is 2.33. The normalized spacial score (nSPS) is 24.4. The molecule has 4 heteroatoms. The number of hydrogen-bond acceptors (Lipinski definition) is 3. The zero-order valence-electron chi connectivity index (χ0n) is 9.83. The Morgan fingerprint density at radius 1 is 1.41 bits per heavy atom. The lowest BCUT2D eigenvalue weighted by Gasteiger charge is -2.30. The van der Waals surface area contributed by atoms with Crippen molar-refractivity contribution in [1.82, 2.24) is 5.32 Å². The molecule has 1 aliphatic rings. The molecule has 0 amide bonds. The van der Waals surface area contributed by atoms with Crippen molar-refractivity contribution in [3.8, 4) is 0 Å². The molecule has 1 saturated heterocycles. The summed E-state index contributed by atoms with van der Waals surface area (Å²) in [6, 6.07) is 6.55. The molecule has 0 unspecified atom stereocenters. The van der Waals surface area contributed by atoms with E-state index in [2.05, 4.69) is 10.1 Å². The summed E-state index contributed by atoms with van der Waals surface area (Å²) >= 11 is 0. The van der Waals surface area contributed by atoms with Gasteiger partial charge in [0.1, 0.15) is 5.67 Å². The number of esters is 1. The number of methoxy groups -OCH3 is 1. The van der Waals surface area contributed by atoms with Crippen LogP contribution < -0.4 is 5.32 Å². The van der Waals surface area contributed by atoms with Crippen LogP contribution in [-0.4, -0.2) is 26.2 Å². The Kier molecular flexibility index (Phi) is 3.43. The van der Waals surface area contributed by atoms with Crippen molar-refractivity contribution in [1.29, 1.82) is 0 Å². The molecule has 0 aromatic heterocycles. The van der Waals surface area contributed by atoms with E-state index in [0.717, 1.165) is 13.0 Å². The Morgan fingerprint density at radius 2 is 2.12 bits per heavy atom. The lowest BCUT2D eigenvalue weighted by molar-refractivity contribution is 0.0600. The number of piperidine rings is 1. The van der Waals surface area contributed by atoms with Gasteiger partial charge in [-0.3, -0.25) is 0 Å². The van der Waals surface area contributed by atoms with Crippen LogP contribution in [0.1, 0.15) is 28.8 Å². The fourth-order valence-electron chi connectivity index (χ4n) is 2.14. The quantitative estimate of drug-likeness (QED) is 0.800. The molecule has 1 heterocycles. The van der Waals surface area contributed by atoms with Crippen molar-refractivity contribution in [2.75, 3.05) is 20.2 Å². The summed E-state index contributed by atoms with van der Waals surface area (Å²) in [5, 5.41) is 3.06. The maximum absolute atomic E-state index is 14.5. The molecular formula is C13H16FNO2. The van der Waals surface area contributed by atoms with Gasteiger partial charge in [-0.2, -0.15) is 0 Å². The first-order valence-electron chi connectivity index (χ1n) is 5.74. The van der Waals surface area contributed by atoms with Crippen LogP contribution in [0, 0.1) is 0 Å². The standard InChI is InChI=1S/C13H16FNO2/c1-17-12(16)10-3-5-11(6-4-10)13(14)7-2-8-15-9-13/h3-6,15H,2,7-9H2,1H3/t13-/m0/s1. The summed E-state index contributed by atoms with van der Waals surface area (Å²) in [4.78, 5) is 11.3. The number of alkyl halides is 1. The average molecular weight is 237 g/mol. The van der Waals surface area contributed by atoms with Crippen LogP contribution in [0.25, 0.3) is 0 Å². The van der Waals surface area contributed by atoms with E-state index in [-0.39, 0.29) is 0 Å². The third kappa shape index (κ3) is 2.47. The molecule has 1 atom stereocenters. The first-order valence-corrected chi connectivity index (χ1v) is 5.74. The van der Waals surface area contributed by atoms with Crippen LogP contribution in [-0.2, 0) is 10.4 Å². The maximum Gasteiger partial charge on any atom is 0.337 e. The van der Waals surface area contributed by atoms with Gasteiger partial charge in [0.05, 0.1) is 12.7 Å². The Labute approximate surface area is 100.0 Å². The fourth-order valence-corrected chi connectivity index (χ4v) is 2.14. The summed E-state index contributed by atoms with van der Waals surface area (Å²) in [5.41, 5.74) is -0.242. The summed E-state index contributed by atoms with van der Waals surface area (Å²) < 4.78 is 19.1. The van der Waals surface area contributed by atoms with Crippen molar-refractivity contribution in [2.24, 2.45) is 0 Å². The smallest absolute Gasteiger partial charge is 0.337 e. The monoisotopic (exact) mass is 237 g/mol. The van der Waals surface area contributed by atoms with Crippen molar-refractivity contribution >= 4 is 5.97 Å². The van der Waals surface area contributed by atoms with Gasteiger partial charge in [0.2, 0.25) is 0 Å². The predicted molar refractivity (Wildman–Crippen MR) is 62.7 cm³/mol. The number of ether oxygens (including phenoxy) is 1. The van der Waals surface area contributed by atoms with Crippen molar-refractivity contribution in [3.05, 3.63) is 35.4 Å². The topological polar surface area (TPSA) is 38.3 Å².